The molecule has 2 saturated carbocycles. The summed E-state index contributed by atoms with van der Waals surface area (Å²) in [5.41, 5.74) is 32.3. The summed E-state index contributed by atoms with van der Waals surface area (Å²) in [5.74, 6) is 3.56. The molecule has 11 aliphatic carbocycles. The van der Waals surface area contributed by atoms with Crippen LogP contribution in [0.4, 0.5) is 0 Å². The molecule has 4 aromatic carbocycles. The zero-order valence-electron chi connectivity index (χ0n) is 45.7. The molecule has 360 valence electrons. The Kier molecular flexibility index (Phi) is 8.02. The molecule has 11 aliphatic rings. The van der Waals surface area contributed by atoms with E-state index in [0.717, 1.165) is 12.8 Å². The summed E-state index contributed by atoms with van der Waals surface area (Å²) in [7, 11) is 0. The van der Waals surface area contributed by atoms with Gasteiger partial charge in [0.2, 0.25) is 0 Å². The van der Waals surface area contributed by atoms with Gasteiger partial charge in [-0.05, 0) is 210 Å². The lowest BCUT2D eigenvalue weighted by atomic mass is 9.50. The first kappa shape index (κ1) is 43.6. The van der Waals surface area contributed by atoms with E-state index in [1.54, 1.807) is 88.8 Å². The van der Waals surface area contributed by atoms with Crippen LogP contribution in [0.5, 0.6) is 0 Å². The second-order valence-electron chi connectivity index (χ2n) is 28.6. The van der Waals surface area contributed by atoms with Crippen LogP contribution in [0.25, 0.3) is 33.0 Å². The van der Waals surface area contributed by atoms with Crippen LogP contribution < -0.4 is 10.4 Å². The van der Waals surface area contributed by atoms with E-state index in [1.807, 2.05) is 0 Å². The topological polar surface area (TPSA) is 0 Å². The third-order valence-corrected chi connectivity index (χ3v) is 23.3. The van der Waals surface area contributed by atoms with Crippen molar-refractivity contribution in [2.75, 3.05) is 0 Å². The van der Waals surface area contributed by atoms with Gasteiger partial charge in [-0.25, -0.2) is 0 Å². The quantitative estimate of drug-likeness (QED) is 0.191. The Morgan fingerprint density at radius 1 is 0.648 bits per heavy atom. The highest BCUT2D eigenvalue weighted by Crippen LogP contribution is 2.72. The number of allylic oxidation sites excluding steroid dienone is 14. The summed E-state index contributed by atoms with van der Waals surface area (Å²) < 4.78 is 0. The summed E-state index contributed by atoms with van der Waals surface area (Å²) >= 11 is 0. The monoisotopic (exact) mass is 929 g/mol. The molecule has 0 saturated heterocycles. The normalized spacial score (nSPS) is 31.2. The smallest absolute Gasteiger partial charge is 0.0159 e. The molecule has 4 aromatic rings. The molecule has 7 atom stereocenters. The summed E-state index contributed by atoms with van der Waals surface area (Å²) in [6, 6.07) is 22.7. The lowest BCUT2D eigenvalue weighted by molar-refractivity contribution is 0.139. The average Bonchev–Trinajstić information content (AvgIpc) is 3.80. The van der Waals surface area contributed by atoms with Crippen molar-refractivity contribution in [3.8, 4) is 11.1 Å². The van der Waals surface area contributed by atoms with Crippen molar-refractivity contribution in [3.05, 3.63) is 185 Å². The first-order valence-corrected chi connectivity index (χ1v) is 28.1. The molecule has 0 heteroatoms. The third-order valence-electron chi connectivity index (χ3n) is 23.3. The van der Waals surface area contributed by atoms with Crippen LogP contribution in [-0.2, 0) is 16.2 Å². The van der Waals surface area contributed by atoms with Crippen LogP contribution in [0.15, 0.2) is 135 Å². The van der Waals surface area contributed by atoms with Gasteiger partial charge < -0.3 is 0 Å². The van der Waals surface area contributed by atoms with E-state index in [0.29, 0.717) is 41.4 Å². The number of benzene rings is 4. The molecular formula is C71H76. The Morgan fingerprint density at radius 2 is 1.34 bits per heavy atom. The van der Waals surface area contributed by atoms with Crippen LogP contribution >= 0.6 is 0 Å². The van der Waals surface area contributed by atoms with E-state index in [2.05, 4.69) is 189 Å². The van der Waals surface area contributed by atoms with E-state index in [-0.39, 0.29) is 32.5 Å². The maximum absolute atomic E-state index is 2.93. The van der Waals surface area contributed by atoms with E-state index in [4.69, 9.17) is 0 Å². The molecular weight excluding hydrogens is 853 g/mol. The van der Waals surface area contributed by atoms with Gasteiger partial charge in [-0.1, -0.05) is 190 Å². The molecule has 2 fully saturated rings. The lowest BCUT2D eigenvalue weighted by Gasteiger charge is -2.54. The van der Waals surface area contributed by atoms with Gasteiger partial charge in [-0.2, -0.15) is 0 Å². The van der Waals surface area contributed by atoms with Gasteiger partial charge in [-0.15, -0.1) is 0 Å². The maximum Gasteiger partial charge on any atom is 0.0159 e. The predicted octanol–water partition coefficient (Wildman–Crippen LogP) is 16.6. The highest BCUT2D eigenvalue weighted by atomic mass is 14.6. The zero-order valence-corrected chi connectivity index (χ0v) is 45.7. The van der Waals surface area contributed by atoms with Gasteiger partial charge in [0.1, 0.15) is 0 Å². The molecule has 0 amide bonds. The van der Waals surface area contributed by atoms with Crippen LogP contribution in [0, 0.1) is 58.7 Å². The van der Waals surface area contributed by atoms with Gasteiger partial charge in [0.05, 0.1) is 0 Å². The van der Waals surface area contributed by atoms with Crippen LogP contribution in [0.2, 0.25) is 0 Å². The molecule has 0 heterocycles. The van der Waals surface area contributed by atoms with Gasteiger partial charge in [0.15, 0.2) is 0 Å². The van der Waals surface area contributed by atoms with E-state index in [1.165, 1.54) is 63.1 Å². The Morgan fingerprint density at radius 3 is 2.10 bits per heavy atom. The fourth-order valence-electron chi connectivity index (χ4n) is 19.3. The van der Waals surface area contributed by atoms with Gasteiger partial charge in [-0.3, -0.25) is 0 Å². The molecule has 0 spiro atoms. The van der Waals surface area contributed by atoms with Crippen molar-refractivity contribution in [2.24, 2.45) is 51.8 Å². The second kappa shape index (κ2) is 13.0. The Balaban J connectivity index is 0.963. The number of hydrogen-bond donors (Lipinski definition) is 0. The van der Waals surface area contributed by atoms with Crippen LogP contribution in [0.3, 0.4) is 0 Å². The van der Waals surface area contributed by atoms with Gasteiger partial charge >= 0.3 is 0 Å². The molecule has 15 rings (SSSR count). The van der Waals surface area contributed by atoms with Crippen molar-refractivity contribution in [3.63, 3.8) is 0 Å². The fraction of sp³-hybridized carbons (Fsp3) is 0.465. The number of aryl methyl sites for hydroxylation is 1. The molecule has 0 N–H and O–H groups in total. The molecule has 0 radical (unpaired) electrons. The van der Waals surface area contributed by atoms with Gasteiger partial charge in [0, 0.05) is 27.6 Å². The standard InChI is InChI=1S/C71H76/c1-35-25-48-63-57-41(35)19-16-22-45(57)66(4,5)51-29-38(30-52(60(51)63)69(48,10)11)28-44(39-31-53-61-55(33-39)70(12,13)49-26-36(2)42-20-17-23-46(67(53,6)7)58(42)64(49)61)40-32-54-62-56(34-40)71(14,15)50-27-37(3)43-21-18-24-47(68(54,8)9)59(43)65(50)62/h16-23,26-27,29,31,33-34,40,44,47-48,52,59,65H,24-25,28,30,32H2,1-15H3. The first-order valence-electron chi connectivity index (χ1n) is 28.1. The largest absolute Gasteiger partial charge is 0.0839 e. The zero-order chi connectivity index (χ0) is 49.3. The minimum Gasteiger partial charge on any atom is -0.0839 e. The van der Waals surface area contributed by atoms with Crippen LogP contribution in [0.1, 0.15) is 174 Å². The van der Waals surface area contributed by atoms with E-state index in [9.17, 15) is 0 Å². The summed E-state index contributed by atoms with van der Waals surface area (Å²) in [6.45, 7) is 38.4. The average molecular weight is 929 g/mol. The Bertz CT molecular complexity index is 3670. The van der Waals surface area contributed by atoms with Crippen molar-refractivity contribution in [1.82, 2.24) is 0 Å². The molecule has 0 aliphatic heterocycles. The number of rotatable bonds is 4. The SMILES string of the molecule is CC1=C2C=CCC3C2C2C(=C1)C(C)(C)C1=CC(C(CC4=CC5=C6C7=c8c(cccc8=C(C)CC7C(C)(C)C6C4)C5(C)C)c4cc5c6c(c4)C(C)(C)c4cccc7c(C)cc(c-6c47)C5(C)C)CC(=C12)C3(C)C. The number of hydrogen-bond acceptors (Lipinski definition) is 0. The third kappa shape index (κ3) is 4.93. The predicted molar refractivity (Wildman–Crippen MR) is 298 cm³/mol. The maximum atomic E-state index is 2.93. The van der Waals surface area contributed by atoms with E-state index >= 15 is 0 Å². The van der Waals surface area contributed by atoms with Crippen LogP contribution in [-0.4, -0.2) is 0 Å². The van der Waals surface area contributed by atoms with E-state index < -0.39 is 0 Å². The molecule has 0 nitrogen and oxygen atoms in total. The fourth-order valence-corrected chi connectivity index (χ4v) is 19.3. The first-order chi connectivity index (χ1) is 33.5. The summed E-state index contributed by atoms with van der Waals surface area (Å²) in [5, 5.41) is 6.09. The Labute approximate surface area is 425 Å². The molecule has 71 heavy (non-hydrogen) atoms. The van der Waals surface area contributed by atoms with Crippen molar-refractivity contribution >= 4 is 21.9 Å². The molecule has 0 bridgehead atoms. The Hall–Kier alpha value is -4.94. The second-order valence-corrected chi connectivity index (χ2v) is 28.6. The lowest BCUT2D eigenvalue weighted by Crippen LogP contribution is -2.45. The summed E-state index contributed by atoms with van der Waals surface area (Å²) in [6.07, 6.45) is 19.3. The highest BCUT2D eigenvalue weighted by Gasteiger charge is 2.61. The van der Waals surface area contributed by atoms with Crippen molar-refractivity contribution in [1.29, 1.82) is 0 Å². The minimum atomic E-state index is -0.130. The van der Waals surface area contributed by atoms with Gasteiger partial charge in [0.25, 0.3) is 0 Å². The van der Waals surface area contributed by atoms with Crippen molar-refractivity contribution in [2.45, 2.75) is 158 Å². The molecule has 0 aromatic heterocycles. The molecule has 7 unspecified atom stereocenters. The highest BCUT2D eigenvalue weighted by molar-refractivity contribution is 6.09. The summed E-state index contributed by atoms with van der Waals surface area (Å²) in [4.78, 5) is 0. The minimum absolute atomic E-state index is 0.00534. The van der Waals surface area contributed by atoms with Crippen molar-refractivity contribution < 1.29 is 0 Å².